The van der Waals surface area contributed by atoms with Crippen LogP contribution in [0.5, 0.6) is 0 Å². The number of aryl methyl sites for hydroxylation is 1. The molecule has 0 saturated heterocycles. The minimum Gasteiger partial charge on any atom is -0.342 e. The summed E-state index contributed by atoms with van der Waals surface area (Å²) in [6, 6.07) is 3.24. The van der Waals surface area contributed by atoms with Gasteiger partial charge in [0.15, 0.2) is 0 Å². The van der Waals surface area contributed by atoms with Gasteiger partial charge in [-0.3, -0.25) is 0 Å². The van der Waals surface area contributed by atoms with Crippen LogP contribution in [0.2, 0.25) is 0 Å². The van der Waals surface area contributed by atoms with Crippen LogP contribution in [0.1, 0.15) is 19.2 Å². The Kier molecular flexibility index (Phi) is 3.50. The lowest BCUT2D eigenvalue weighted by molar-refractivity contribution is -0.117. The van der Waals surface area contributed by atoms with E-state index in [1.165, 1.54) is 13.1 Å². The van der Waals surface area contributed by atoms with Crippen LogP contribution in [-0.2, 0) is 11.2 Å². The zero-order chi connectivity index (χ0) is 13.1. The van der Waals surface area contributed by atoms with E-state index in [1.54, 1.807) is 0 Å². The van der Waals surface area contributed by atoms with E-state index in [9.17, 15) is 13.6 Å². The van der Waals surface area contributed by atoms with Gasteiger partial charge in [-0.1, -0.05) is 0 Å². The Hall–Kier alpha value is -2.04. The lowest BCUT2D eigenvalue weighted by Crippen LogP contribution is -1.95. The number of imidazole rings is 1. The number of nitrogens with zero attached hydrogens (tertiary/aromatic N) is 1. The molecule has 3 nitrogen and oxygen atoms in total. The number of hydrogen-bond acceptors (Lipinski definition) is 2. The quantitative estimate of drug-likeness (QED) is 0.906. The number of rotatable bonds is 4. The van der Waals surface area contributed by atoms with Gasteiger partial charge >= 0.3 is 0 Å². The van der Waals surface area contributed by atoms with E-state index in [0.717, 1.165) is 18.2 Å². The number of aromatic amines is 1. The summed E-state index contributed by atoms with van der Waals surface area (Å²) in [4.78, 5) is 17.8. The third-order valence-electron chi connectivity index (χ3n) is 2.56. The number of Topliss-reactive ketones (excluding diaryl/α,β-unsaturated/α-hetero) is 1. The number of benzene rings is 1. The van der Waals surface area contributed by atoms with Gasteiger partial charge in [0.05, 0.1) is 11.9 Å². The molecule has 1 aromatic carbocycles. The second-order valence-corrected chi connectivity index (χ2v) is 4.07. The highest BCUT2D eigenvalue weighted by Gasteiger charge is 2.10. The zero-order valence-corrected chi connectivity index (χ0v) is 9.84. The zero-order valence-electron chi connectivity index (χ0n) is 9.84. The molecule has 18 heavy (non-hydrogen) atoms. The first kappa shape index (κ1) is 12.4. The lowest BCUT2D eigenvalue weighted by atomic mass is 10.1. The van der Waals surface area contributed by atoms with E-state index in [2.05, 4.69) is 9.97 Å². The van der Waals surface area contributed by atoms with Gasteiger partial charge in [0.1, 0.15) is 23.2 Å². The smallest absolute Gasteiger partial charge is 0.132 e. The van der Waals surface area contributed by atoms with Crippen molar-refractivity contribution in [2.24, 2.45) is 0 Å². The van der Waals surface area contributed by atoms with Gasteiger partial charge < -0.3 is 9.78 Å². The molecule has 2 aromatic rings. The summed E-state index contributed by atoms with van der Waals surface area (Å²) in [5.41, 5.74) is 0.544. The van der Waals surface area contributed by atoms with Crippen LogP contribution in [0.3, 0.4) is 0 Å². The van der Waals surface area contributed by atoms with Gasteiger partial charge in [-0.05, 0) is 25.1 Å². The van der Waals surface area contributed by atoms with Crippen molar-refractivity contribution in [1.82, 2.24) is 9.97 Å². The summed E-state index contributed by atoms with van der Waals surface area (Å²) in [6.07, 6.45) is 2.28. The summed E-state index contributed by atoms with van der Waals surface area (Å²) in [5, 5.41) is 0. The van der Waals surface area contributed by atoms with E-state index in [4.69, 9.17) is 0 Å². The van der Waals surface area contributed by atoms with Crippen LogP contribution < -0.4 is 0 Å². The average molecular weight is 250 g/mol. The van der Waals surface area contributed by atoms with Crippen LogP contribution in [0.25, 0.3) is 11.3 Å². The van der Waals surface area contributed by atoms with E-state index in [0.29, 0.717) is 24.4 Å². The number of aromatic nitrogens is 2. The van der Waals surface area contributed by atoms with Crippen molar-refractivity contribution < 1.29 is 13.6 Å². The minimum absolute atomic E-state index is 0.0601. The van der Waals surface area contributed by atoms with E-state index < -0.39 is 11.6 Å². The van der Waals surface area contributed by atoms with Crippen molar-refractivity contribution in [3.05, 3.63) is 41.9 Å². The van der Waals surface area contributed by atoms with Gasteiger partial charge in [0.25, 0.3) is 0 Å². The molecule has 0 fully saturated rings. The number of hydrogen-bond donors (Lipinski definition) is 1. The summed E-state index contributed by atoms with van der Waals surface area (Å²) >= 11 is 0. The maximum atomic E-state index is 13.5. The molecule has 0 aliphatic rings. The normalized spacial score (nSPS) is 10.6. The third-order valence-corrected chi connectivity index (χ3v) is 2.56. The Morgan fingerprint density at radius 3 is 2.89 bits per heavy atom. The molecule has 0 aliphatic carbocycles. The Balaban J connectivity index is 2.23. The van der Waals surface area contributed by atoms with Gasteiger partial charge in [0.2, 0.25) is 0 Å². The van der Waals surface area contributed by atoms with Gasteiger partial charge in [-0.15, -0.1) is 0 Å². The molecule has 2 rings (SSSR count). The largest absolute Gasteiger partial charge is 0.342 e. The summed E-state index contributed by atoms with van der Waals surface area (Å²) in [6.45, 7) is 1.50. The lowest BCUT2D eigenvalue weighted by Gasteiger charge is -2.00. The van der Waals surface area contributed by atoms with Crippen LogP contribution in [0.15, 0.2) is 24.4 Å². The molecule has 1 aromatic heterocycles. The molecular formula is C13H12F2N2O. The molecule has 1 heterocycles. The molecular weight excluding hydrogens is 238 g/mol. The third kappa shape index (κ3) is 2.80. The first-order valence-corrected chi connectivity index (χ1v) is 5.55. The number of carbonyl (C=O) groups is 1. The van der Waals surface area contributed by atoms with Crippen LogP contribution in [0.4, 0.5) is 8.78 Å². The summed E-state index contributed by atoms with van der Waals surface area (Å²) in [5.74, 6) is -0.377. The molecule has 0 amide bonds. The fraction of sp³-hybridized carbons (Fsp3) is 0.231. The number of carbonyl (C=O) groups excluding carboxylic acids is 1. The number of nitrogens with one attached hydrogen (secondary N) is 1. The molecule has 0 aliphatic heterocycles. The Labute approximate surface area is 103 Å². The maximum absolute atomic E-state index is 13.5. The average Bonchev–Trinajstić information content (AvgIpc) is 2.78. The monoisotopic (exact) mass is 250 g/mol. The van der Waals surface area contributed by atoms with Gasteiger partial charge in [-0.2, -0.15) is 0 Å². The van der Waals surface area contributed by atoms with Crippen molar-refractivity contribution >= 4 is 5.78 Å². The highest BCUT2D eigenvalue weighted by atomic mass is 19.1. The minimum atomic E-state index is -0.516. The molecule has 5 heteroatoms. The second kappa shape index (κ2) is 5.08. The van der Waals surface area contributed by atoms with E-state index >= 15 is 0 Å². The van der Waals surface area contributed by atoms with Crippen molar-refractivity contribution in [3.8, 4) is 11.3 Å². The van der Waals surface area contributed by atoms with E-state index in [1.807, 2.05) is 0 Å². The predicted molar refractivity (Wildman–Crippen MR) is 62.9 cm³/mol. The molecule has 94 valence electrons. The van der Waals surface area contributed by atoms with Crippen molar-refractivity contribution in [1.29, 1.82) is 0 Å². The SMILES string of the molecule is CC(=O)CCc1ncc(-c2cc(F)ccc2F)[nH]1. The Morgan fingerprint density at radius 1 is 1.39 bits per heavy atom. The van der Waals surface area contributed by atoms with Crippen LogP contribution in [-0.4, -0.2) is 15.8 Å². The second-order valence-electron chi connectivity index (χ2n) is 4.07. The molecule has 0 bridgehead atoms. The molecule has 0 saturated carbocycles. The number of H-pyrrole nitrogens is 1. The van der Waals surface area contributed by atoms with Crippen molar-refractivity contribution in [3.63, 3.8) is 0 Å². The number of ketones is 1. The van der Waals surface area contributed by atoms with Crippen LogP contribution >= 0.6 is 0 Å². The first-order chi connectivity index (χ1) is 8.56. The fourth-order valence-electron chi connectivity index (χ4n) is 1.62. The Morgan fingerprint density at radius 2 is 2.17 bits per heavy atom. The summed E-state index contributed by atoms with van der Waals surface area (Å²) < 4.78 is 26.6. The van der Waals surface area contributed by atoms with Gasteiger partial charge in [0, 0.05) is 18.4 Å². The Bertz CT molecular complexity index is 578. The molecule has 0 atom stereocenters. The molecule has 1 N–H and O–H groups in total. The predicted octanol–water partition coefficient (Wildman–Crippen LogP) is 2.88. The standard InChI is InChI=1S/C13H12F2N2O/c1-8(18)2-5-13-16-7-12(17-13)10-6-9(14)3-4-11(10)15/h3-4,6-7H,2,5H2,1H3,(H,16,17). The molecule has 0 spiro atoms. The van der Waals surface area contributed by atoms with E-state index in [-0.39, 0.29) is 11.3 Å². The summed E-state index contributed by atoms with van der Waals surface area (Å²) in [7, 11) is 0. The van der Waals surface area contributed by atoms with Crippen molar-refractivity contribution in [2.75, 3.05) is 0 Å². The van der Waals surface area contributed by atoms with Gasteiger partial charge in [-0.25, -0.2) is 13.8 Å². The fourth-order valence-corrected chi connectivity index (χ4v) is 1.62. The highest BCUT2D eigenvalue weighted by Crippen LogP contribution is 2.22. The highest BCUT2D eigenvalue weighted by molar-refractivity contribution is 5.75. The topological polar surface area (TPSA) is 45.8 Å². The van der Waals surface area contributed by atoms with Crippen LogP contribution in [0, 0.1) is 11.6 Å². The first-order valence-electron chi connectivity index (χ1n) is 5.55. The molecule has 0 radical (unpaired) electrons. The van der Waals surface area contributed by atoms with Crippen molar-refractivity contribution in [2.45, 2.75) is 19.8 Å². The molecule has 0 unspecified atom stereocenters. The number of halogens is 2. The maximum Gasteiger partial charge on any atom is 0.132 e.